The van der Waals surface area contributed by atoms with Crippen LogP contribution in [-0.2, 0) is 7.05 Å². The Bertz CT molecular complexity index is 817. The summed E-state index contributed by atoms with van der Waals surface area (Å²) in [6.45, 7) is 2.00. The zero-order chi connectivity index (χ0) is 15.0. The third-order valence-corrected chi connectivity index (χ3v) is 3.21. The summed E-state index contributed by atoms with van der Waals surface area (Å²) in [5, 5.41) is 3.98. The molecule has 0 aliphatic heterocycles. The minimum Gasteiger partial charge on any atom is -0.366 e. The summed E-state index contributed by atoms with van der Waals surface area (Å²) in [6, 6.07) is 9.47. The van der Waals surface area contributed by atoms with Gasteiger partial charge < -0.3 is 14.8 Å². The molecule has 1 aromatic carbocycles. The number of hydrogen-bond acceptors (Lipinski definition) is 4. The van der Waals surface area contributed by atoms with Gasteiger partial charge in [-0.15, -0.1) is 0 Å². The van der Waals surface area contributed by atoms with Crippen LogP contribution in [-0.4, -0.2) is 20.6 Å². The van der Waals surface area contributed by atoms with Crippen LogP contribution in [0.1, 0.15) is 15.9 Å². The average Bonchev–Trinajstić information content (AvgIpc) is 3.05. The van der Waals surface area contributed by atoms with E-state index in [-0.39, 0.29) is 0 Å². The molecule has 0 radical (unpaired) electrons. The maximum absolute atomic E-state index is 11.2. The number of primary amides is 1. The van der Waals surface area contributed by atoms with Crippen molar-refractivity contribution in [3.05, 3.63) is 47.7 Å². The maximum atomic E-state index is 11.2. The first kappa shape index (κ1) is 13.1. The monoisotopic (exact) mass is 282 g/mol. The van der Waals surface area contributed by atoms with E-state index in [9.17, 15) is 4.79 Å². The van der Waals surface area contributed by atoms with Crippen molar-refractivity contribution in [1.29, 1.82) is 0 Å². The van der Waals surface area contributed by atoms with Gasteiger partial charge in [-0.1, -0.05) is 28.9 Å². The number of amides is 1. The average molecular weight is 282 g/mol. The van der Waals surface area contributed by atoms with Gasteiger partial charge in [-0.2, -0.15) is 4.98 Å². The van der Waals surface area contributed by atoms with E-state index in [0.29, 0.717) is 23.0 Å². The first-order valence-corrected chi connectivity index (χ1v) is 6.42. The first-order valence-electron chi connectivity index (χ1n) is 6.42. The van der Waals surface area contributed by atoms with E-state index in [0.717, 1.165) is 11.1 Å². The van der Waals surface area contributed by atoms with Crippen LogP contribution >= 0.6 is 0 Å². The van der Waals surface area contributed by atoms with Crippen molar-refractivity contribution in [2.75, 3.05) is 0 Å². The van der Waals surface area contributed by atoms with Crippen LogP contribution in [0.5, 0.6) is 0 Å². The fraction of sp³-hybridized carbons (Fsp3) is 0.133. The topological polar surface area (TPSA) is 86.9 Å². The summed E-state index contributed by atoms with van der Waals surface area (Å²) < 4.78 is 7.01. The third kappa shape index (κ3) is 2.43. The Labute approximate surface area is 121 Å². The van der Waals surface area contributed by atoms with Gasteiger partial charge in [0.1, 0.15) is 5.69 Å². The summed E-state index contributed by atoms with van der Waals surface area (Å²) in [5.74, 6) is 0.368. The fourth-order valence-corrected chi connectivity index (χ4v) is 2.14. The normalized spacial score (nSPS) is 10.8. The smallest absolute Gasteiger partial charge is 0.274 e. The molecule has 6 heteroatoms. The minimum absolute atomic E-state index is 0.349. The highest BCUT2D eigenvalue weighted by Gasteiger charge is 2.16. The second kappa shape index (κ2) is 4.90. The molecule has 0 aliphatic carbocycles. The molecule has 0 saturated heterocycles. The van der Waals surface area contributed by atoms with Crippen molar-refractivity contribution >= 4 is 5.91 Å². The Hall–Kier alpha value is -2.89. The van der Waals surface area contributed by atoms with Crippen LogP contribution in [0.2, 0.25) is 0 Å². The van der Waals surface area contributed by atoms with Crippen molar-refractivity contribution < 1.29 is 9.32 Å². The van der Waals surface area contributed by atoms with Crippen molar-refractivity contribution in [2.45, 2.75) is 6.92 Å². The van der Waals surface area contributed by atoms with Gasteiger partial charge >= 0.3 is 0 Å². The molecular weight excluding hydrogens is 268 g/mol. The lowest BCUT2D eigenvalue weighted by Crippen LogP contribution is -2.09. The maximum Gasteiger partial charge on any atom is 0.274 e. The van der Waals surface area contributed by atoms with Gasteiger partial charge in [0.2, 0.25) is 11.7 Å². The Kier molecular flexibility index (Phi) is 3.06. The number of benzene rings is 1. The lowest BCUT2D eigenvalue weighted by atomic mass is 10.1. The zero-order valence-corrected chi connectivity index (χ0v) is 11.7. The van der Waals surface area contributed by atoms with Crippen LogP contribution in [0.4, 0.5) is 0 Å². The number of nitrogens with two attached hydrogens (primary N) is 1. The summed E-state index contributed by atoms with van der Waals surface area (Å²) in [4.78, 5) is 15.6. The first-order chi connectivity index (χ1) is 10.0. The summed E-state index contributed by atoms with van der Waals surface area (Å²) in [6.07, 6.45) is 1.63. The number of nitrogens with zero attached hydrogens (tertiary/aromatic N) is 3. The molecule has 0 atom stereocenters. The highest BCUT2D eigenvalue weighted by molar-refractivity contribution is 5.93. The predicted octanol–water partition coefficient (Wildman–Crippen LogP) is 2.15. The van der Waals surface area contributed by atoms with Gasteiger partial charge in [0.05, 0.1) is 5.56 Å². The quantitative estimate of drug-likeness (QED) is 0.797. The molecule has 2 aromatic heterocycles. The molecule has 3 rings (SSSR count). The SMILES string of the molecule is Cc1cccc(-c2noc(-c3cc(C(N)=O)cn3C)n2)c1. The third-order valence-electron chi connectivity index (χ3n) is 3.21. The van der Waals surface area contributed by atoms with E-state index in [1.54, 1.807) is 23.9 Å². The second-order valence-corrected chi connectivity index (χ2v) is 4.88. The van der Waals surface area contributed by atoms with Crippen LogP contribution in [0.3, 0.4) is 0 Å². The molecule has 6 nitrogen and oxygen atoms in total. The summed E-state index contributed by atoms with van der Waals surface area (Å²) in [5.41, 5.74) is 8.32. The molecule has 0 aliphatic rings. The van der Waals surface area contributed by atoms with E-state index in [4.69, 9.17) is 10.3 Å². The molecule has 0 bridgehead atoms. The number of rotatable bonds is 3. The molecule has 3 aromatic rings. The minimum atomic E-state index is -0.490. The van der Waals surface area contributed by atoms with E-state index >= 15 is 0 Å². The molecule has 0 fully saturated rings. The Morgan fingerprint density at radius 2 is 2.14 bits per heavy atom. The van der Waals surface area contributed by atoms with Crippen molar-refractivity contribution in [3.63, 3.8) is 0 Å². The highest BCUT2D eigenvalue weighted by Crippen LogP contribution is 2.24. The van der Waals surface area contributed by atoms with E-state index in [2.05, 4.69) is 10.1 Å². The Morgan fingerprint density at radius 1 is 1.33 bits per heavy atom. The van der Waals surface area contributed by atoms with Gasteiger partial charge in [0.25, 0.3) is 5.89 Å². The standard InChI is InChI=1S/C15H14N4O2/c1-9-4-3-5-10(6-9)14-17-15(21-18-14)12-7-11(13(16)20)8-19(12)2/h3-8H,1-2H3,(H2,16,20). The van der Waals surface area contributed by atoms with E-state index in [1.807, 2.05) is 31.2 Å². The largest absolute Gasteiger partial charge is 0.366 e. The van der Waals surface area contributed by atoms with Gasteiger partial charge in [-0.25, -0.2) is 0 Å². The zero-order valence-electron chi connectivity index (χ0n) is 11.7. The number of carbonyl (C=O) groups excluding carboxylic acids is 1. The summed E-state index contributed by atoms with van der Waals surface area (Å²) in [7, 11) is 1.79. The number of hydrogen-bond donors (Lipinski definition) is 1. The Morgan fingerprint density at radius 3 is 2.81 bits per heavy atom. The second-order valence-electron chi connectivity index (χ2n) is 4.88. The molecule has 0 unspecified atom stereocenters. The Balaban J connectivity index is 2.00. The highest BCUT2D eigenvalue weighted by atomic mass is 16.5. The van der Waals surface area contributed by atoms with Gasteiger partial charge in [0, 0.05) is 18.8 Å². The van der Waals surface area contributed by atoms with E-state index < -0.39 is 5.91 Å². The lowest BCUT2D eigenvalue weighted by molar-refractivity contribution is 0.100. The molecule has 2 N–H and O–H groups in total. The number of carbonyl (C=O) groups is 1. The molecule has 21 heavy (non-hydrogen) atoms. The van der Waals surface area contributed by atoms with E-state index in [1.165, 1.54) is 0 Å². The number of aryl methyl sites for hydroxylation is 2. The van der Waals surface area contributed by atoms with Crippen LogP contribution in [0.15, 0.2) is 41.1 Å². The molecule has 0 saturated carbocycles. The molecule has 0 spiro atoms. The molecular formula is C15H14N4O2. The van der Waals surface area contributed by atoms with Gasteiger partial charge in [0.15, 0.2) is 0 Å². The van der Waals surface area contributed by atoms with Crippen molar-refractivity contribution in [1.82, 2.24) is 14.7 Å². The van der Waals surface area contributed by atoms with Crippen LogP contribution in [0, 0.1) is 6.92 Å². The van der Waals surface area contributed by atoms with Crippen LogP contribution in [0.25, 0.3) is 23.0 Å². The fourth-order valence-electron chi connectivity index (χ4n) is 2.14. The van der Waals surface area contributed by atoms with Crippen LogP contribution < -0.4 is 5.73 Å². The predicted molar refractivity (Wildman–Crippen MR) is 77.4 cm³/mol. The number of aromatic nitrogens is 3. The van der Waals surface area contributed by atoms with Crippen molar-refractivity contribution in [3.8, 4) is 23.0 Å². The van der Waals surface area contributed by atoms with Gasteiger partial charge in [-0.3, -0.25) is 4.79 Å². The molecule has 106 valence electrons. The lowest BCUT2D eigenvalue weighted by Gasteiger charge is -1.96. The van der Waals surface area contributed by atoms with Gasteiger partial charge in [-0.05, 0) is 19.1 Å². The summed E-state index contributed by atoms with van der Waals surface area (Å²) >= 11 is 0. The van der Waals surface area contributed by atoms with Crippen molar-refractivity contribution in [2.24, 2.45) is 12.8 Å². The molecule has 1 amide bonds. The molecule has 2 heterocycles.